The lowest BCUT2D eigenvalue weighted by Gasteiger charge is -2.42. The lowest BCUT2D eigenvalue weighted by molar-refractivity contribution is 0.100. The molecule has 1 aliphatic carbocycles. The van der Waals surface area contributed by atoms with E-state index < -0.39 is 5.91 Å². The molecule has 0 saturated carbocycles. The second kappa shape index (κ2) is 6.27. The average Bonchev–Trinajstić information content (AvgIpc) is 2.58. The first-order valence-corrected chi connectivity index (χ1v) is 8.99. The van der Waals surface area contributed by atoms with Gasteiger partial charge in [0, 0.05) is 23.0 Å². The molecule has 0 aliphatic heterocycles. The Morgan fingerprint density at radius 1 is 1.00 bits per heavy atom. The van der Waals surface area contributed by atoms with Crippen molar-refractivity contribution in [3.63, 3.8) is 0 Å². The van der Waals surface area contributed by atoms with Crippen LogP contribution in [-0.2, 0) is 10.8 Å². The zero-order valence-electron chi connectivity index (χ0n) is 16.0. The number of hydrogen-bond acceptors (Lipinski definition) is 3. The minimum Gasteiger partial charge on any atom is -0.398 e. The van der Waals surface area contributed by atoms with Crippen molar-refractivity contribution >= 4 is 23.5 Å². The van der Waals surface area contributed by atoms with Crippen LogP contribution < -0.4 is 11.5 Å². The molecule has 0 unspecified atom stereocenters. The molecule has 4 nitrogen and oxygen atoms in total. The number of nitrogen functional groups attached to an aromatic ring is 1. The Kier molecular flexibility index (Phi) is 4.39. The van der Waals surface area contributed by atoms with E-state index >= 15 is 0 Å². The average molecular weight is 349 g/mol. The highest BCUT2D eigenvalue weighted by molar-refractivity contribution is 5.93. The van der Waals surface area contributed by atoms with E-state index in [1.165, 1.54) is 11.1 Å². The number of rotatable bonds is 3. The van der Waals surface area contributed by atoms with Gasteiger partial charge in [-0.25, -0.2) is 0 Å². The fraction of sp³-hybridized carbons (Fsp3) is 0.364. The van der Waals surface area contributed by atoms with Crippen LogP contribution in [0.4, 0.5) is 11.4 Å². The molecule has 0 radical (unpaired) electrons. The van der Waals surface area contributed by atoms with E-state index in [2.05, 4.69) is 44.8 Å². The minimum atomic E-state index is -0.440. The molecule has 1 amide bonds. The van der Waals surface area contributed by atoms with Crippen LogP contribution in [0.3, 0.4) is 0 Å². The number of primary amides is 1. The summed E-state index contributed by atoms with van der Waals surface area (Å²) < 4.78 is 0. The molecule has 2 aromatic rings. The number of nitrogens with zero attached hydrogens (tertiary/aromatic N) is 1. The van der Waals surface area contributed by atoms with Crippen LogP contribution in [0.1, 0.15) is 67.6 Å². The van der Waals surface area contributed by atoms with Gasteiger partial charge in [-0.1, -0.05) is 39.8 Å². The lowest BCUT2D eigenvalue weighted by atomic mass is 9.62. The zero-order chi connectivity index (χ0) is 19.1. The lowest BCUT2D eigenvalue weighted by Crippen LogP contribution is -2.35. The van der Waals surface area contributed by atoms with Crippen molar-refractivity contribution in [2.24, 2.45) is 10.7 Å². The van der Waals surface area contributed by atoms with Crippen molar-refractivity contribution in [1.82, 2.24) is 0 Å². The summed E-state index contributed by atoms with van der Waals surface area (Å²) in [7, 11) is 0. The highest BCUT2D eigenvalue weighted by Crippen LogP contribution is 2.48. The molecule has 1 aliphatic rings. The van der Waals surface area contributed by atoms with E-state index in [0.29, 0.717) is 5.56 Å². The number of aliphatic imine (C=N–C) groups is 1. The molecule has 2 aromatic carbocycles. The number of amides is 1. The summed E-state index contributed by atoms with van der Waals surface area (Å²) in [6, 6.07) is 11.2. The Labute approximate surface area is 155 Å². The highest BCUT2D eigenvalue weighted by Gasteiger charge is 2.38. The van der Waals surface area contributed by atoms with Gasteiger partial charge in [-0.05, 0) is 59.1 Å². The summed E-state index contributed by atoms with van der Waals surface area (Å²) in [5.74, 6) is -0.440. The van der Waals surface area contributed by atoms with E-state index in [1.54, 1.807) is 30.5 Å². The van der Waals surface area contributed by atoms with Crippen LogP contribution in [0.2, 0.25) is 0 Å². The predicted octanol–water partition coefficient (Wildman–Crippen LogP) is 4.47. The summed E-state index contributed by atoms with van der Waals surface area (Å²) in [5, 5.41) is 0. The number of carbonyl (C=O) groups is 1. The van der Waals surface area contributed by atoms with Gasteiger partial charge in [-0.2, -0.15) is 0 Å². The fourth-order valence-corrected chi connectivity index (χ4v) is 3.78. The van der Waals surface area contributed by atoms with Crippen LogP contribution in [0, 0.1) is 0 Å². The van der Waals surface area contributed by atoms with Gasteiger partial charge in [0.25, 0.3) is 0 Å². The molecule has 4 N–H and O–H groups in total. The largest absolute Gasteiger partial charge is 0.398 e. The van der Waals surface area contributed by atoms with Gasteiger partial charge in [0.2, 0.25) is 5.91 Å². The van der Waals surface area contributed by atoms with Crippen LogP contribution in [0.5, 0.6) is 0 Å². The number of benzene rings is 2. The third-order valence-electron chi connectivity index (χ3n) is 5.56. The van der Waals surface area contributed by atoms with Crippen molar-refractivity contribution in [2.45, 2.75) is 51.4 Å². The topological polar surface area (TPSA) is 81.5 Å². The molecule has 0 spiro atoms. The number of nitrogens with two attached hydrogens (primary N) is 2. The molecule has 26 heavy (non-hydrogen) atoms. The first kappa shape index (κ1) is 18.2. The second-order valence-electron chi connectivity index (χ2n) is 8.43. The van der Waals surface area contributed by atoms with Crippen molar-refractivity contribution in [1.29, 1.82) is 0 Å². The van der Waals surface area contributed by atoms with Crippen molar-refractivity contribution in [2.75, 3.05) is 5.73 Å². The Balaban J connectivity index is 1.98. The molecule has 0 atom stereocenters. The van der Waals surface area contributed by atoms with Gasteiger partial charge in [-0.3, -0.25) is 9.79 Å². The first-order valence-electron chi connectivity index (χ1n) is 8.99. The van der Waals surface area contributed by atoms with E-state index in [9.17, 15) is 4.79 Å². The molecular weight excluding hydrogens is 322 g/mol. The van der Waals surface area contributed by atoms with Gasteiger partial charge in [0.05, 0.1) is 5.69 Å². The van der Waals surface area contributed by atoms with Crippen molar-refractivity contribution in [3.8, 4) is 0 Å². The van der Waals surface area contributed by atoms with Crippen molar-refractivity contribution < 1.29 is 4.79 Å². The summed E-state index contributed by atoms with van der Waals surface area (Å²) in [4.78, 5) is 15.7. The Bertz CT molecular complexity index is 877. The van der Waals surface area contributed by atoms with E-state index in [0.717, 1.165) is 29.8 Å². The van der Waals surface area contributed by atoms with Crippen LogP contribution in [0.25, 0.3) is 0 Å². The number of anilines is 1. The monoisotopic (exact) mass is 349 g/mol. The highest BCUT2D eigenvalue weighted by atomic mass is 16.1. The van der Waals surface area contributed by atoms with Crippen LogP contribution in [0.15, 0.2) is 41.4 Å². The molecule has 136 valence electrons. The van der Waals surface area contributed by atoms with E-state index in [-0.39, 0.29) is 10.8 Å². The maximum Gasteiger partial charge on any atom is 0.248 e. The molecule has 0 heterocycles. The summed E-state index contributed by atoms with van der Waals surface area (Å²) in [5.41, 5.74) is 17.6. The first-order chi connectivity index (χ1) is 12.1. The smallest absolute Gasteiger partial charge is 0.248 e. The van der Waals surface area contributed by atoms with Gasteiger partial charge in [-0.15, -0.1) is 0 Å². The Morgan fingerprint density at radius 2 is 1.62 bits per heavy atom. The maximum absolute atomic E-state index is 11.2. The van der Waals surface area contributed by atoms with E-state index in [1.807, 2.05) is 0 Å². The molecule has 0 fully saturated rings. The normalized spacial score (nSPS) is 17.8. The van der Waals surface area contributed by atoms with Gasteiger partial charge in [0.15, 0.2) is 0 Å². The Hall–Kier alpha value is -2.62. The van der Waals surface area contributed by atoms with Crippen molar-refractivity contribution in [3.05, 3.63) is 58.7 Å². The van der Waals surface area contributed by atoms with Crippen LogP contribution >= 0.6 is 0 Å². The number of fused-ring (bicyclic) bond motifs is 1. The summed E-state index contributed by atoms with van der Waals surface area (Å²) in [6.45, 7) is 9.10. The number of carbonyl (C=O) groups excluding carboxylic acids is 1. The molecular formula is C22H27N3O. The van der Waals surface area contributed by atoms with E-state index in [4.69, 9.17) is 11.5 Å². The molecule has 0 aromatic heterocycles. The number of hydrogen-bond donors (Lipinski definition) is 2. The SMILES string of the molecule is CC1(C)CCC(C)(C)c2c1ccc(C=Nc1ccc(C(N)=O)cc1)c2N. The molecule has 0 bridgehead atoms. The van der Waals surface area contributed by atoms with Gasteiger partial charge >= 0.3 is 0 Å². The zero-order valence-corrected chi connectivity index (χ0v) is 16.0. The van der Waals surface area contributed by atoms with Crippen LogP contribution in [-0.4, -0.2) is 12.1 Å². The molecule has 4 heteroatoms. The van der Waals surface area contributed by atoms with Gasteiger partial charge < -0.3 is 11.5 Å². The standard InChI is InChI=1S/C22H27N3O/c1-21(2)11-12-22(3,4)18-17(21)10-7-15(19(18)23)13-25-16-8-5-14(6-9-16)20(24)26/h5-10,13H,11-12,23H2,1-4H3,(H2,24,26). The quantitative estimate of drug-likeness (QED) is 0.633. The maximum atomic E-state index is 11.2. The fourth-order valence-electron chi connectivity index (χ4n) is 3.78. The second-order valence-corrected chi connectivity index (χ2v) is 8.43. The minimum absolute atomic E-state index is 0.0575. The summed E-state index contributed by atoms with van der Waals surface area (Å²) >= 11 is 0. The van der Waals surface area contributed by atoms with Gasteiger partial charge in [0.1, 0.15) is 0 Å². The summed E-state index contributed by atoms with van der Waals surface area (Å²) in [6.07, 6.45) is 4.07. The third kappa shape index (κ3) is 3.24. The molecule has 0 saturated heterocycles. The third-order valence-corrected chi connectivity index (χ3v) is 5.56. The Morgan fingerprint density at radius 3 is 2.23 bits per heavy atom. The molecule has 3 rings (SSSR count). The predicted molar refractivity (Wildman–Crippen MR) is 108 cm³/mol.